The van der Waals surface area contributed by atoms with Crippen molar-refractivity contribution in [1.29, 1.82) is 0 Å². The van der Waals surface area contributed by atoms with Crippen molar-refractivity contribution in [3.63, 3.8) is 0 Å². The van der Waals surface area contributed by atoms with Gasteiger partial charge >= 0.3 is 30.2 Å². The fourth-order valence-electron chi connectivity index (χ4n) is 4.61. The fourth-order valence-corrected chi connectivity index (χ4v) is 4.61. The third-order valence-corrected chi connectivity index (χ3v) is 6.56. The van der Waals surface area contributed by atoms with Gasteiger partial charge in [0.2, 0.25) is 0 Å². The van der Waals surface area contributed by atoms with E-state index >= 15 is 0 Å². The Bertz CT molecular complexity index is 1610. The van der Waals surface area contributed by atoms with Crippen LogP contribution in [0.2, 0.25) is 0 Å². The van der Waals surface area contributed by atoms with E-state index in [1.54, 1.807) is 0 Å². The summed E-state index contributed by atoms with van der Waals surface area (Å²) in [6, 6.07) is 56.9. The van der Waals surface area contributed by atoms with E-state index in [1.807, 2.05) is 72.8 Å². The first-order valence-electron chi connectivity index (χ1n) is 13.8. The van der Waals surface area contributed by atoms with Gasteiger partial charge in [-0.15, -0.1) is 35.7 Å². The van der Waals surface area contributed by atoms with Crippen LogP contribution in [0.5, 0.6) is 0 Å². The molecule has 6 aromatic rings. The van der Waals surface area contributed by atoms with E-state index in [0.717, 1.165) is 12.8 Å². The van der Waals surface area contributed by atoms with Gasteiger partial charge in [-0.3, -0.25) is 6.08 Å². The zero-order chi connectivity index (χ0) is 29.2. The topological polar surface area (TPSA) is 0 Å². The van der Waals surface area contributed by atoms with Crippen LogP contribution in [0.15, 0.2) is 158 Å². The van der Waals surface area contributed by atoms with E-state index in [4.69, 9.17) is 0 Å². The summed E-state index contributed by atoms with van der Waals surface area (Å²) < 4.78 is 0. The molecule has 2 heteroatoms. The molecule has 2 aliphatic rings. The number of hydrogen-bond donors (Lipinski definition) is 0. The third-order valence-electron chi connectivity index (χ3n) is 6.56. The number of hydrogen-bond acceptors (Lipinski definition) is 0. The van der Waals surface area contributed by atoms with Gasteiger partial charge in [-0.2, -0.15) is 78.9 Å². The molecule has 2 radical (unpaired) electrons. The number of allylic oxidation sites excluding steroid dienone is 4. The second-order valence-corrected chi connectivity index (χ2v) is 9.32. The summed E-state index contributed by atoms with van der Waals surface area (Å²) in [5, 5.41) is 2.56. The SMILES string of the molecule is [C-]1=CC=CC1.[Si]=[Zr].[c-]1c(-c2ccc3ccccc3c2)ccc2c1Cc1ccccc1-2.[c-]1ccccc1.[c-]1ccccc1. The van der Waals surface area contributed by atoms with Crippen LogP contribution in [0.3, 0.4) is 0 Å². The second-order valence-electron chi connectivity index (χ2n) is 9.32. The molecule has 6 aromatic carbocycles. The molecule has 0 N–H and O–H groups in total. The van der Waals surface area contributed by atoms with Crippen LogP contribution in [0, 0.1) is 24.3 Å². The van der Waals surface area contributed by atoms with Crippen LogP contribution in [0.25, 0.3) is 33.0 Å². The summed E-state index contributed by atoms with van der Waals surface area (Å²) in [5.74, 6) is 0. The number of rotatable bonds is 1. The Hall–Kier alpha value is -3.84. The Morgan fingerprint density at radius 3 is 1.83 bits per heavy atom. The third kappa shape index (κ3) is 9.35. The Morgan fingerprint density at radius 1 is 0.595 bits per heavy atom. The van der Waals surface area contributed by atoms with Gasteiger partial charge < -0.3 is 0 Å². The van der Waals surface area contributed by atoms with Gasteiger partial charge in [0.15, 0.2) is 0 Å². The van der Waals surface area contributed by atoms with Gasteiger partial charge in [-0.05, 0) is 22.8 Å². The first kappa shape index (κ1) is 31.1. The van der Waals surface area contributed by atoms with Crippen molar-refractivity contribution in [2.75, 3.05) is 0 Å². The van der Waals surface area contributed by atoms with Gasteiger partial charge in [0, 0.05) is 0 Å². The van der Waals surface area contributed by atoms with Crippen molar-refractivity contribution in [3.05, 3.63) is 193 Å². The second kappa shape index (κ2) is 17.9. The minimum absolute atomic E-state index is 0.993. The molecule has 0 bridgehead atoms. The molecule has 0 nitrogen and oxygen atoms in total. The molecule has 0 aromatic heterocycles. The van der Waals surface area contributed by atoms with E-state index < -0.39 is 0 Å². The minimum Gasteiger partial charge on any atom is -0.184 e. The Balaban J connectivity index is 0.000000172. The predicted molar refractivity (Wildman–Crippen MR) is 174 cm³/mol. The van der Waals surface area contributed by atoms with Crippen LogP contribution in [0.1, 0.15) is 17.5 Å². The van der Waals surface area contributed by atoms with Gasteiger partial charge in [0.05, 0.1) is 0 Å². The molecule has 0 saturated heterocycles. The van der Waals surface area contributed by atoms with Crippen molar-refractivity contribution in [1.82, 2.24) is 0 Å². The molecule has 0 fully saturated rings. The molecule has 0 heterocycles. The van der Waals surface area contributed by atoms with Crippen molar-refractivity contribution < 1.29 is 23.3 Å². The zero-order valence-corrected chi connectivity index (χ0v) is 26.9. The Kier molecular flexibility index (Phi) is 13.2. The van der Waals surface area contributed by atoms with Crippen LogP contribution in [0.4, 0.5) is 0 Å². The fraction of sp³-hybridized carbons (Fsp3) is 0.0500. The van der Waals surface area contributed by atoms with Crippen LogP contribution in [-0.2, 0) is 29.8 Å². The molecule has 0 unspecified atom stereocenters. The molecular formula is C40H30SiZr-4. The molecule has 0 amide bonds. The molecule has 2 aliphatic carbocycles. The summed E-state index contributed by atoms with van der Waals surface area (Å²) in [6.45, 7) is 3.06. The number of benzene rings is 6. The molecule has 202 valence electrons. The zero-order valence-electron chi connectivity index (χ0n) is 23.4. The van der Waals surface area contributed by atoms with Gasteiger partial charge in [0.25, 0.3) is 0 Å². The average molecular weight is 630 g/mol. The van der Waals surface area contributed by atoms with Crippen LogP contribution >= 0.6 is 0 Å². The average Bonchev–Trinajstić information content (AvgIpc) is 3.80. The summed E-state index contributed by atoms with van der Waals surface area (Å²) in [5.41, 5.74) is 7.85. The van der Waals surface area contributed by atoms with Gasteiger partial charge in [-0.25, -0.2) is 12.2 Å². The monoisotopic (exact) mass is 628 g/mol. The van der Waals surface area contributed by atoms with Crippen molar-refractivity contribution in [2.45, 2.75) is 12.8 Å². The standard InChI is InChI=1S/C23H15.2C6H5.C5H5.Si.Zr/c1-2-6-17-13-18(10-9-16(17)5-1)19-11-12-23-21(14-19)15-20-7-3-4-8-22(20)23;2*1-2-4-6-5-3-1;1-2-4-5-3-1;;/h1-13H,15H2;2*1-5H;1-3H,4H2;;/q4*-1;;. The Morgan fingerprint density at radius 2 is 1.26 bits per heavy atom. The normalized spacial score (nSPS) is 11.1. The van der Waals surface area contributed by atoms with E-state index in [2.05, 4.69) is 116 Å². The van der Waals surface area contributed by atoms with Gasteiger partial charge in [0.1, 0.15) is 0 Å². The molecule has 0 spiro atoms. The first-order valence-corrected chi connectivity index (χ1v) is 18.0. The maximum atomic E-state index is 3.65. The van der Waals surface area contributed by atoms with Crippen molar-refractivity contribution in [2.24, 2.45) is 0 Å². The molecule has 8 rings (SSSR count). The summed E-state index contributed by atoms with van der Waals surface area (Å²) in [6.07, 6.45) is 11.0. The minimum atomic E-state index is 0.993. The first-order chi connectivity index (χ1) is 20.9. The maximum Gasteiger partial charge on any atom is -0.0195 e. The van der Waals surface area contributed by atoms with E-state index in [9.17, 15) is 0 Å². The maximum absolute atomic E-state index is 3.65. The van der Waals surface area contributed by atoms with E-state index in [0.29, 0.717) is 0 Å². The Labute approximate surface area is 267 Å². The predicted octanol–water partition coefficient (Wildman–Crippen LogP) is 9.77. The van der Waals surface area contributed by atoms with E-state index in [1.165, 1.54) is 67.5 Å². The smallest absolute Gasteiger partial charge is 0.0195 e. The quantitative estimate of drug-likeness (QED) is 0.125. The van der Waals surface area contributed by atoms with Crippen molar-refractivity contribution in [3.8, 4) is 22.3 Å². The largest absolute Gasteiger partial charge is 0.184 e. The molecule has 0 saturated carbocycles. The number of fused-ring (bicyclic) bond motifs is 4. The summed E-state index contributed by atoms with van der Waals surface area (Å²) in [7, 11) is 0. The molecule has 42 heavy (non-hydrogen) atoms. The van der Waals surface area contributed by atoms with Crippen LogP contribution in [-0.4, -0.2) is 6.88 Å². The molecular weight excluding hydrogens is 600 g/mol. The van der Waals surface area contributed by atoms with Crippen LogP contribution < -0.4 is 0 Å². The molecule has 0 aliphatic heterocycles. The van der Waals surface area contributed by atoms with E-state index in [-0.39, 0.29) is 0 Å². The molecule has 0 atom stereocenters. The summed E-state index contributed by atoms with van der Waals surface area (Å²) >= 11 is 1.36. The van der Waals surface area contributed by atoms with Gasteiger partial charge in [-0.1, -0.05) is 83.4 Å². The summed E-state index contributed by atoms with van der Waals surface area (Å²) in [4.78, 5) is 0. The van der Waals surface area contributed by atoms with Crippen molar-refractivity contribution >= 4 is 17.7 Å².